The van der Waals surface area contributed by atoms with Crippen LogP contribution >= 0.6 is 11.6 Å². The van der Waals surface area contributed by atoms with Gasteiger partial charge in [0.15, 0.2) is 6.61 Å². The zero-order chi connectivity index (χ0) is 18.4. The van der Waals surface area contributed by atoms with Gasteiger partial charge in [-0.15, -0.1) is 0 Å². The van der Waals surface area contributed by atoms with E-state index in [1.165, 1.54) is 24.3 Å². The highest BCUT2D eigenvalue weighted by Crippen LogP contribution is 2.29. The van der Waals surface area contributed by atoms with Crippen molar-refractivity contribution in [1.29, 1.82) is 0 Å². The van der Waals surface area contributed by atoms with Crippen molar-refractivity contribution in [2.75, 3.05) is 6.61 Å². The maximum atomic E-state index is 12.6. The van der Waals surface area contributed by atoms with E-state index in [-0.39, 0.29) is 22.7 Å². The summed E-state index contributed by atoms with van der Waals surface area (Å²) in [5.74, 6) is -1.40. The third-order valence-electron chi connectivity index (χ3n) is 3.17. The molecule has 0 heterocycles. The second kappa shape index (κ2) is 8.02. The Morgan fingerprint density at radius 3 is 2.48 bits per heavy atom. The quantitative estimate of drug-likeness (QED) is 0.813. The number of benzene rings is 2. The van der Waals surface area contributed by atoms with Gasteiger partial charge < -0.3 is 10.1 Å². The van der Waals surface area contributed by atoms with E-state index in [9.17, 15) is 22.8 Å². The summed E-state index contributed by atoms with van der Waals surface area (Å²) in [5.41, 5.74) is -0.403. The van der Waals surface area contributed by atoms with Crippen LogP contribution in [0.3, 0.4) is 0 Å². The van der Waals surface area contributed by atoms with Crippen LogP contribution in [0, 0.1) is 0 Å². The molecule has 0 bridgehead atoms. The molecule has 2 aromatic carbocycles. The highest BCUT2D eigenvalue weighted by molar-refractivity contribution is 6.33. The first kappa shape index (κ1) is 18.8. The largest absolute Gasteiger partial charge is 0.452 e. The van der Waals surface area contributed by atoms with Crippen LogP contribution in [0.2, 0.25) is 5.02 Å². The molecule has 25 heavy (non-hydrogen) atoms. The Balaban J connectivity index is 1.85. The summed E-state index contributed by atoms with van der Waals surface area (Å²) in [6, 6.07) is 10.8. The number of esters is 1. The standard InChI is InChI=1S/C17H13ClF3NO3/c18-14-7-2-1-6-13(14)16(24)25-10-15(23)22-9-11-4-3-5-12(8-11)17(19,20)21/h1-8H,9-10H2,(H,22,23). The number of nitrogens with one attached hydrogen (secondary N) is 1. The summed E-state index contributed by atoms with van der Waals surface area (Å²) < 4.78 is 42.7. The smallest absolute Gasteiger partial charge is 0.416 e. The van der Waals surface area contributed by atoms with Gasteiger partial charge in [0.05, 0.1) is 16.1 Å². The van der Waals surface area contributed by atoms with Crippen LogP contribution in [-0.4, -0.2) is 18.5 Å². The van der Waals surface area contributed by atoms with E-state index in [2.05, 4.69) is 5.32 Å². The average molecular weight is 372 g/mol. The van der Waals surface area contributed by atoms with E-state index in [4.69, 9.17) is 16.3 Å². The Labute approximate surface area is 146 Å². The number of alkyl halides is 3. The molecule has 132 valence electrons. The third kappa shape index (κ3) is 5.49. The van der Waals surface area contributed by atoms with E-state index >= 15 is 0 Å². The molecule has 0 atom stereocenters. The van der Waals surface area contributed by atoms with E-state index in [0.29, 0.717) is 0 Å². The van der Waals surface area contributed by atoms with Crippen LogP contribution in [-0.2, 0) is 22.3 Å². The number of hydrogen-bond acceptors (Lipinski definition) is 3. The second-order valence-corrected chi connectivity index (χ2v) is 5.44. The summed E-state index contributed by atoms with van der Waals surface area (Å²) in [6.45, 7) is -0.685. The SMILES string of the molecule is O=C(COC(=O)c1ccccc1Cl)NCc1cccc(C(F)(F)F)c1. The number of ether oxygens (including phenoxy) is 1. The van der Waals surface area contributed by atoms with Crippen LogP contribution in [0.5, 0.6) is 0 Å². The summed E-state index contributed by atoms with van der Waals surface area (Å²) >= 11 is 5.83. The van der Waals surface area contributed by atoms with Gasteiger partial charge in [0, 0.05) is 6.54 Å². The first-order valence-electron chi connectivity index (χ1n) is 7.12. The van der Waals surface area contributed by atoms with Gasteiger partial charge in [0.1, 0.15) is 0 Å². The van der Waals surface area contributed by atoms with Crippen LogP contribution < -0.4 is 5.32 Å². The predicted octanol–water partition coefficient (Wildman–Crippen LogP) is 3.83. The average Bonchev–Trinajstić information content (AvgIpc) is 2.58. The lowest BCUT2D eigenvalue weighted by molar-refractivity contribution is -0.137. The maximum Gasteiger partial charge on any atom is 0.416 e. The zero-order valence-corrected chi connectivity index (χ0v) is 13.5. The molecule has 4 nitrogen and oxygen atoms in total. The van der Waals surface area contributed by atoms with Crippen molar-refractivity contribution in [1.82, 2.24) is 5.32 Å². The number of hydrogen-bond donors (Lipinski definition) is 1. The monoisotopic (exact) mass is 371 g/mol. The first-order chi connectivity index (χ1) is 11.8. The maximum absolute atomic E-state index is 12.6. The van der Waals surface area contributed by atoms with Crippen molar-refractivity contribution >= 4 is 23.5 Å². The fourth-order valence-corrected chi connectivity index (χ4v) is 2.16. The lowest BCUT2D eigenvalue weighted by atomic mass is 10.1. The summed E-state index contributed by atoms with van der Waals surface area (Å²) in [7, 11) is 0. The minimum atomic E-state index is -4.45. The molecule has 0 saturated heterocycles. The van der Waals surface area contributed by atoms with Crippen molar-refractivity contribution in [3.8, 4) is 0 Å². The van der Waals surface area contributed by atoms with Crippen LogP contribution in [0.4, 0.5) is 13.2 Å². The Bertz CT molecular complexity index is 778. The molecule has 0 saturated carbocycles. The summed E-state index contributed by atoms with van der Waals surface area (Å²) in [6.07, 6.45) is -4.45. The third-order valence-corrected chi connectivity index (χ3v) is 3.50. The fraction of sp³-hybridized carbons (Fsp3) is 0.176. The van der Waals surface area contributed by atoms with E-state index in [1.807, 2.05) is 0 Å². The molecule has 2 rings (SSSR count). The van der Waals surface area contributed by atoms with Crippen molar-refractivity contribution in [3.05, 3.63) is 70.2 Å². The molecular formula is C17H13ClF3NO3. The minimum absolute atomic E-state index is 0.119. The van der Waals surface area contributed by atoms with Gasteiger partial charge in [-0.1, -0.05) is 35.9 Å². The van der Waals surface area contributed by atoms with Crippen molar-refractivity contribution < 1.29 is 27.5 Å². The van der Waals surface area contributed by atoms with Crippen molar-refractivity contribution in [2.24, 2.45) is 0 Å². The molecule has 0 fully saturated rings. The van der Waals surface area contributed by atoms with Gasteiger partial charge in [-0.05, 0) is 29.8 Å². The van der Waals surface area contributed by atoms with Gasteiger partial charge in [-0.3, -0.25) is 4.79 Å². The van der Waals surface area contributed by atoms with Gasteiger partial charge in [-0.2, -0.15) is 13.2 Å². The number of carbonyl (C=O) groups excluding carboxylic acids is 2. The molecule has 0 radical (unpaired) electrons. The van der Waals surface area contributed by atoms with Gasteiger partial charge in [-0.25, -0.2) is 4.79 Å². The second-order valence-electron chi connectivity index (χ2n) is 5.03. The molecule has 1 amide bonds. The highest BCUT2D eigenvalue weighted by atomic mass is 35.5. The molecule has 0 aromatic heterocycles. The van der Waals surface area contributed by atoms with Crippen LogP contribution in [0.1, 0.15) is 21.5 Å². The lowest BCUT2D eigenvalue weighted by Gasteiger charge is -2.10. The number of rotatable bonds is 5. The van der Waals surface area contributed by atoms with Gasteiger partial charge in [0.2, 0.25) is 0 Å². The first-order valence-corrected chi connectivity index (χ1v) is 7.49. The van der Waals surface area contributed by atoms with Crippen LogP contribution in [0.15, 0.2) is 48.5 Å². The van der Waals surface area contributed by atoms with Gasteiger partial charge >= 0.3 is 12.1 Å². The fourth-order valence-electron chi connectivity index (χ4n) is 1.94. The summed E-state index contributed by atoms with van der Waals surface area (Å²) in [5, 5.41) is 2.57. The summed E-state index contributed by atoms with van der Waals surface area (Å²) in [4.78, 5) is 23.5. The Morgan fingerprint density at radius 2 is 1.80 bits per heavy atom. The lowest BCUT2D eigenvalue weighted by Crippen LogP contribution is -2.28. The Hall–Kier alpha value is -2.54. The van der Waals surface area contributed by atoms with Crippen molar-refractivity contribution in [3.63, 3.8) is 0 Å². The van der Waals surface area contributed by atoms with Crippen molar-refractivity contribution in [2.45, 2.75) is 12.7 Å². The number of amides is 1. The molecule has 1 N–H and O–H groups in total. The molecule has 0 aliphatic heterocycles. The van der Waals surface area contributed by atoms with E-state index in [1.54, 1.807) is 12.1 Å². The highest BCUT2D eigenvalue weighted by Gasteiger charge is 2.30. The molecule has 0 spiro atoms. The number of carbonyl (C=O) groups is 2. The topological polar surface area (TPSA) is 55.4 Å². The normalized spacial score (nSPS) is 11.0. The molecule has 0 unspecified atom stereocenters. The molecular weight excluding hydrogens is 359 g/mol. The van der Waals surface area contributed by atoms with Crippen LogP contribution in [0.25, 0.3) is 0 Å². The predicted molar refractivity (Wildman–Crippen MR) is 85.0 cm³/mol. The molecule has 8 heteroatoms. The Morgan fingerprint density at radius 1 is 1.08 bits per heavy atom. The molecule has 0 aliphatic rings. The Kier molecular flexibility index (Phi) is 6.03. The zero-order valence-electron chi connectivity index (χ0n) is 12.8. The van der Waals surface area contributed by atoms with Gasteiger partial charge in [0.25, 0.3) is 5.91 Å². The number of halogens is 4. The molecule has 0 aliphatic carbocycles. The van der Waals surface area contributed by atoms with E-state index < -0.39 is 30.2 Å². The van der Waals surface area contributed by atoms with E-state index in [0.717, 1.165) is 12.1 Å². The molecule has 2 aromatic rings. The minimum Gasteiger partial charge on any atom is -0.452 e.